The fraction of sp³-hybridized carbons (Fsp3) is 0.0714. The fourth-order valence-corrected chi connectivity index (χ4v) is 1.67. The van der Waals surface area contributed by atoms with Gasteiger partial charge in [-0.2, -0.15) is 0 Å². The smallest absolute Gasteiger partial charge is 0.195 e. The highest BCUT2D eigenvalue weighted by Crippen LogP contribution is 2.20. The third-order valence-corrected chi connectivity index (χ3v) is 2.53. The van der Waals surface area contributed by atoms with E-state index in [0.29, 0.717) is 16.8 Å². The Labute approximate surface area is 99.1 Å². The second-order valence-corrected chi connectivity index (χ2v) is 3.64. The van der Waals surface area contributed by atoms with E-state index in [1.165, 1.54) is 12.1 Å². The summed E-state index contributed by atoms with van der Waals surface area (Å²) < 4.78 is 13.2. The number of hydrogen-bond acceptors (Lipinski definition) is 2. The largest absolute Gasteiger partial charge is 0.388 e. The van der Waals surface area contributed by atoms with Gasteiger partial charge in [-0.25, -0.2) is 4.39 Å². The molecule has 0 aliphatic rings. The van der Waals surface area contributed by atoms with Crippen LogP contribution in [0, 0.1) is 5.82 Å². The van der Waals surface area contributed by atoms with Crippen molar-refractivity contribution in [2.45, 2.75) is 0 Å². The Morgan fingerprint density at radius 1 is 1.12 bits per heavy atom. The third kappa shape index (κ3) is 2.33. The molecule has 2 aromatic carbocycles. The average molecular weight is 229 g/mol. The van der Waals surface area contributed by atoms with E-state index >= 15 is 0 Å². The van der Waals surface area contributed by atoms with Crippen LogP contribution in [0.3, 0.4) is 0 Å². The summed E-state index contributed by atoms with van der Waals surface area (Å²) in [6, 6.07) is 13.0. The summed E-state index contributed by atoms with van der Waals surface area (Å²) in [4.78, 5) is 12.2. The van der Waals surface area contributed by atoms with Crippen LogP contribution in [0.25, 0.3) is 0 Å². The zero-order valence-electron chi connectivity index (χ0n) is 9.41. The van der Waals surface area contributed by atoms with Gasteiger partial charge in [0.05, 0.1) is 0 Å². The van der Waals surface area contributed by atoms with Crippen LogP contribution in [0.15, 0.2) is 48.5 Å². The maximum Gasteiger partial charge on any atom is 0.195 e. The number of carbonyl (C=O) groups is 1. The summed E-state index contributed by atoms with van der Waals surface area (Å²) in [5, 5.41) is 2.89. The Morgan fingerprint density at radius 2 is 1.82 bits per heavy atom. The van der Waals surface area contributed by atoms with Gasteiger partial charge < -0.3 is 5.32 Å². The maximum absolute atomic E-state index is 13.2. The molecule has 3 heteroatoms. The molecule has 0 unspecified atom stereocenters. The molecule has 17 heavy (non-hydrogen) atoms. The van der Waals surface area contributed by atoms with Crippen molar-refractivity contribution in [3.8, 4) is 0 Å². The first kappa shape index (κ1) is 11.3. The highest BCUT2D eigenvalue weighted by Gasteiger charge is 2.13. The lowest BCUT2D eigenvalue weighted by atomic mass is 10.0. The van der Waals surface area contributed by atoms with E-state index in [1.54, 1.807) is 37.4 Å². The van der Waals surface area contributed by atoms with E-state index < -0.39 is 5.82 Å². The summed E-state index contributed by atoms with van der Waals surface area (Å²) in [6.45, 7) is 0. The first-order valence-electron chi connectivity index (χ1n) is 5.29. The molecule has 0 atom stereocenters. The van der Waals surface area contributed by atoms with Crippen LogP contribution in [-0.2, 0) is 0 Å². The molecular weight excluding hydrogens is 217 g/mol. The van der Waals surface area contributed by atoms with Gasteiger partial charge in [0.1, 0.15) is 5.82 Å². The highest BCUT2D eigenvalue weighted by atomic mass is 19.1. The van der Waals surface area contributed by atoms with Gasteiger partial charge in [-0.3, -0.25) is 4.79 Å². The topological polar surface area (TPSA) is 29.1 Å². The van der Waals surface area contributed by atoms with Crippen molar-refractivity contribution >= 4 is 11.5 Å². The number of rotatable bonds is 3. The molecule has 0 bridgehead atoms. The number of benzene rings is 2. The molecule has 0 heterocycles. The molecule has 0 aliphatic carbocycles. The molecule has 0 aromatic heterocycles. The number of anilines is 1. The van der Waals surface area contributed by atoms with Gasteiger partial charge in [0.25, 0.3) is 0 Å². The summed E-state index contributed by atoms with van der Waals surface area (Å²) in [5.74, 6) is -0.599. The fourth-order valence-electron chi connectivity index (χ4n) is 1.67. The molecule has 86 valence electrons. The molecule has 0 spiro atoms. The quantitative estimate of drug-likeness (QED) is 0.819. The number of ketones is 1. The van der Waals surface area contributed by atoms with Crippen LogP contribution >= 0.6 is 0 Å². The number of nitrogens with one attached hydrogen (secondary N) is 1. The predicted octanol–water partition coefficient (Wildman–Crippen LogP) is 3.10. The lowest BCUT2D eigenvalue weighted by molar-refractivity contribution is 0.103. The Balaban J connectivity index is 2.47. The Bertz CT molecular complexity index is 537. The molecule has 0 aliphatic heterocycles. The van der Waals surface area contributed by atoms with Gasteiger partial charge in [0, 0.05) is 23.9 Å². The van der Waals surface area contributed by atoms with Crippen molar-refractivity contribution in [3.05, 3.63) is 65.5 Å². The van der Waals surface area contributed by atoms with Crippen LogP contribution in [0.4, 0.5) is 10.1 Å². The van der Waals surface area contributed by atoms with E-state index in [1.807, 2.05) is 6.07 Å². The summed E-state index contributed by atoms with van der Waals surface area (Å²) in [5.41, 5.74) is 1.52. The number of hydrogen-bond donors (Lipinski definition) is 1. The van der Waals surface area contributed by atoms with Gasteiger partial charge in [-0.05, 0) is 18.2 Å². The van der Waals surface area contributed by atoms with E-state index in [4.69, 9.17) is 0 Å². The van der Waals surface area contributed by atoms with Crippen LogP contribution in [-0.4, -0.2) is 12.8 Å². The van der Waals surface area contributed by atoms with Crippen LogP contribution < -0.4 is 5.32 Å². The molecule has 0 saturated carbocycles. The molecule has 1 N–H and O–H groups in total. The minimum Gasteiger partial charge on any atom is -0.388 e. The Kier molecular flexibility index (Phi) is 3.19. The summed E-state index contributed by atoms with van der Waals surface area (Å²) in [6.07, 6.45) is 0. The van der Waals surface area contributed by atoms with Gasteiger partial charge >= 0.3 is 0 Å². The minimum atomic E-state index is -0.414. The van der Waals surface area contributed by atoms with Gasteiger partial charge in [-0.15, -0.1) is 0 Å². The van der Waals surface area contributed by atoms with Crippen LogP contribution in [0.1, 0.15) is 15.9 Å². The van der Waals surface area contributed by atoms with Gasteiger partial charge in [0.15, 0.2) is 5.78 Å². The molecular formula is C14H12FNO. The maximum atomic E-state index is 13.2. The molecule has 0 radical (unpaired) electrons. The van der Waals surface area contributed by atoms with Crippen molar-refractivity contribution < 1.29 is 9.18 Å². The molecule has 2 rings (SSSR count). The third-order valence-electron chi connectivity index (χ3n) is 2.53. The van der Waals surface area contributed by atoms with Crippen molar-refractivity contribution in [3.63, 3.8) is 0 Å². The second kappa shape index (κ2) is 4.78. The minimum absolute atomic E-state index is 0.186. The standard InChI is InChI=1S/C14H12FNO/c1-16-13-8-7-11(15)9-12(13)14(17)10-5-3-2-4-6-10/h2-9,16H,1H3. The van der Waals surface area contributed by atoms with Crippen molar-refractivity contribution in [1.82, 2.24) is 0 Å². The van der Waals surface area contributed by atoms with Crippen LogP contribution in [0.2, 0.25) is 0 Å². The molecule has 2 aromatic rings. The number of halogens is 1. The van der Waals surface area contributed by atoms with Gasteiger partial charge in [-0.1, -0.05) is 30.3 Å². The average Bonchev–Trinajstić information content (AvgIpc) is 2.39. The van der Waals surface area contributed by atoms with E-state index in [-0.39, 0.29) is 5.78 Å². The Hall–Kier alpha value is -2.16. The first-order valence-corrected chi connectivity index (χ1v) is 5.29. The lowest BCUT2D eigenvalue weighted by Crippen LogP contribution is -2.05. The zero-order chi connectivity index (χ0) is 12.3. The van der Waals surface area contributed by atoms with Crippen molar-refractivity contribution in [2.24, 2.45) is 0 Å². The van der Waals surface area contributed by atoms with E-state index in [0.717, 1.165) is 0 Å². The van der Waals surface area contributed by atoms with Crippen molar-refractivity contribution in [2.75, 3.05) is 12.4 Å². The Morgan fingerprint density at radius 3 is 2.47 bits per heavy atom. The SMILES string of the molecule is CNc1ccc(F)cc1C(=O)c1ccccc1. The zero-order valence-corrected chi connectivity index (χ0v) is 9.41. The molecule has 2 nitrogen and oxygen atoms in total. The van der Waals surface area contributed by atoms with Crippen LogP contribution in [0.5, 0.6) is 0 Å². The monoisotopic (exact) mass is 229 g/mol. The lowest BCUT2D eigenvalue weighted by Gasteiger charge is -2.08. The van der Waals surface area contributed by atoms with Gasteiger partial charge in [0.2, 0.25) is 0 Å². The highest BCUT2D eigenvalue weighted by molar-refractivity contribution is 6.12. The van der Waals surface area contributed by atoms with E-state index in [9.17, 15) is 9.18 Å². The molecule has 0 amide bonds. The predicted molar refractivity (Wildman–Crippen MR) is 65.8 cm³/mol. The first-order chi connectivity index (χ1) is 8.22. The van der Waals surface area contributed by atoms with Crippen molar-refractivity contribution in [1.29, 1.82) is 0 Å². The normalized spacial score (nSPS) is 10.0. The number of carbonyl (C=O) groups excluding carboxylic acids is 1. The summed E-state index contributed by atoms with van der Waals surface area (Å²) >= 11 is 0. The van der Waals surface area contributed by atoms with E-state index in [2.05, 4.69) is 5.32 Å². The summed E-state index contributed by atoms with van der Waals surface area (Å²) in [7, 11) is 1.70. The second-order valence-electron chi connectivity index (χ2n) is 3.64. The molecule has 0 saturated heterocycles. The molecule has 0 fully saturated rings.